The molecule has 0 unspecified atom stereocenters. The van der Waals surface area contributed by atoms with Crippen molar-refractivity contribution in [3.05, 3.63) is 59.8 Å². The smallest absolute Gasteiger partial charge is 0.317 e. The number of piperazine rings is 1. The van der Waals surface area contributed by atoms with Crippen LogP contribution in [0.25, 0.3) is 0 Å². The maximum atomic E-state index is 13.1. The van der Waals surface area contributed by atoms with E-state index in [2.05, 4.69) is 21.3 Å². The predicted octanol–water partition coefficient (Wildman–Crippen LogP) is 2.56. The summed E-state index contributed by atoms with van der Waals surface area (Å²) in [5.74, 6) is 1.31. The van der Waals surface area contributed by atoms with Crippen LogP contribution in [-0.2, 0) is 0 Å². The van der Waals surface area contributed by atoms with Gasteiger partial charge < -0.3 is 20.0 Å². The summed E-state index contributed by atoms with van der Waals surface area (Å²) in [5, 5.41) is 2.71. The Kier molecular flexibility index (Phi) is 6.16. The van der Waals surface area contributed by atoms with Gasteiger partial charge in [-0.05, 0) is 42.7 Å². The van der Waals surface area contributed by atoms with Gasteiger partial charge in [-0.25, -0.2) is 9.78 Å². The van der Waals surface area contributed by atoms with Crippen LogP contribution in [0.3, 0.4) is 0 Å². The van der Waals surface area contributed by atoms with Crippen LogP contribution in [0.15, 0.2) is 48.7 Å². The molecule has 3 heterocycles. The average Bonchev–Trinajstić information content (AvgIpc) is 2.84. The second kappa shape index (κ2) is 9.15. The summed E-state index contributed by atoms with van der Waals surface area (Å²) in [6, 6.07) is 13.8. The molecule has 158 valence electrons. The summed E-state index contributed by atoms with van der Waals surface area (Å²) >= 11 is 0. The molecule has 1 atom stereocenters. The van der Waals surface area contributed by atoms with Crippen LogP contribution in [0.5, 0.6) is 0 Å². The maximum Gasteiger partial charge on any atom is 0.317 e. The fourth-order valence-corrected chi connectivity index (χ4v) is 4.38. The van der Waals surface area contributed by atoms with Crippen molar-refractivity contribution in [2.75, 3.05) is 51.2 Å². The molecule has 2 saturated heterocycles. The van der Waals surface area contributed by atoms with Crippen molar-refractivity contribution in [2.24, 2.45) is 0 Å². The molecule has 1 aromatic carbocycles. The van der Waals surface area contributed by atoms with Crippen molar-refractivity contribution >= 4 is 17.8 Å². The number of hydrogen-bond acceptors (Lipinski definition) is 4. The highest BCUT2D eigenvalue weighted by Crippen LogP contribution is 2.28. The number of pyridine rings is 1. The lowest BCUT2D eigenvalue weighted by Gasteiger charge is -2.35. The Morgan fingerprint density at radius 3 is 2.57 bits per heavy atom. The van der Waals surface area contributed by atoms with Gasteiger partial charge in [0.05, 0.1) is 0 Å². The molecule has 0 bridgehead atoms. The van der Waals surface area contributed by atoms with Gasteiger partial charge in [-0.15, -0.1) is 0 Å². The number of anilines is 1. The van der Waals surface area contributed by atoms with Crippen molar-refractivity contribution < 1.29 is 9.59 Å². The Morgan fingerprint density at radius 2 is 1.83 bits per heavy atom. The van der Waals surface area contributed by atoms with E-state index < -0.39 is 0 Å². The number of rotatable bonds is 3. The Hall–Kier alpha value is -3.09. The normalized spacial score (nSPS) is 19.5. The summed E-state index contributed by atoms with van der Waals surface area (Å²) in [6.07, 6.45) is 3.81. The minimum absolute atomic E-state index is 0.0299. The number of aromatic nitrogens is 1. The van der Waals surface area contributed by atoms with Gasteiger partial charge in [-0.1, -0.05) is 18.2 Å². The van der Waals surface area contributed by atoms with Gasteiger partial charge in [0, 0.05) is 64.0 Å². The Labute approximate surface area is 177 Å². The molecule has 2 fully saturated rings. The number of piperidine rings is 1. The van der Waals surface area contributed by atoms with Crippen LogP contribution >= 0.6 is 0 Å². The maximum absolute atomic E-state index is 13.1. The first-order valence-electron chi connectivity index (χ1n) is 10.7. The standard InChI is InChI=1S/C23H29N5O2/c1-24-23(30)28-11-5-8-20(17-28)18-6-4-7-19(16-18)22(29)27-14-12-26(13-15-27)21-9-2-3-10-25-21/h2-4,6-7,9-10,16,20H,5,8,11-15,17H2,1H3,(H,24,30)/t20-/m1/s1. The van der Waals surface area contributed by atoms with Gasteiger partial charge >= 0.3 is 6.03 Å². The largest absolute Gasteiger partial charge is 0.353 e. The minimum atomic E-state index is -0.0299. The number of urea groups is 1. The van der Waals surface area contributed by atoms with Gasteiger partial charge in [0.15, 0.2) is 0 Å². The molecule has 7 nitrogen and oxygen atoms in total. The summed E-state index contributed by atoms with van der Waals surface area (Å²) in [5.41, 5.74) is 1.87. The highest BCUT2D eigenvalue weighted by atomic mass is 16.2. The van der Waals surface area contributed by atoms with Crippen LogP contribution in [0.4, 0.5) is 10.6 Å². The van der Waals surface area contributed by atoms with Gasteiger partial charge in [0.2, 0.25) is 0 Å². The zero-order valence-electron chi connectivity index (χ0n) is 17.5. The first-order chi connectivity index (χ1) is 14.7. The fraction of sp³-hybridized carbons (Fsp3) is 0.435. The molecule has 1 aromatic heterocycles. The van der Waals surface area contributed by atoms with Crippen LogP contribution in [0, 0.1) is 0 Å². The van der Waals surface area contributed by atoms with E-state index in [-0.39, 0.29) is 17.9 Å². The Morgan fingerprint density at radius 1 is 1.00 bits per heavy atom. The number of carbonyl (C=O) groups is 2. The van der Waals surface area contributed by atoms with E-state index in [4.69, 9.17) is 0 Å². The lowest BCUT2D eigenvalue weighted by atomic mass is 9.89. The number of carbonyl (C=O) groups excluding carboxylic acids is 2. The van der Waals surface area contributed by atoms with E-state index in [0.717, 1.165) is 49.4 Å². The van der Waals surface area contributed by atoms with Crippen LogP contribution in [0.1, 0.15) is 34.7 Å². The van der Waals surface area contributed by atoms with Crippen molar-refractivity contribution in [3.8, 4) is 0 Å². The number of amides is 3. The molecule has 7 heteroatoms. The van der Waals surface area contributed by atoms with Crippen LogP contribution < -0.4 is 10.2 Å². The summed E-state index contributed by atoms with van der Waals surface area (Å²) < 4.78 is 0. The average molecular weight is 408 g/mol. The number of benzene rings is 1. The van der Waals surface area contributed by atoms with Crippen LogP contribution in [-0.4, -0.2) is 73.0 Å². The molecule has 4 rings (SSSR count). The molecule has 0 radical (unpaired) electrons. The van der Waals surface area contributed by atoms with E-state index >= 15 is 0 Å². The third kappa shape index (κ3) is 4.40. The van der Waals surface area contributed by atoms with E-state index in [1.807, 2.05) is 46.2 Å². The van der Waals surface area contributed by atoms with Crippen molar-refractivity contribution in [3.63, 3.8) is 0 Å². The van der Waals surface area contributed by atoms with E-state index in [1.54, 1.807) is 13.2 Å². The summed E-state index contributed by atoms with van der Waals surface area (Å²) in [7, 11) is 1.67. The Balaban J connectivity index is 1.40. The third-order valence-corrected chi connectivity index (χ3v) is 6.07. The van der Waals surface area contributed by atoms with E-state index in [0.29, 0.717) is 19.6 Å². The zero-order chi connectivity index (χ0) is 20.9. The van der Waals surface area contributed by atoms with Crippen molar-refractivity contribution in [2.45, 2.75) is 18.8 Å². The molecule has 1 N–H and O–H groups in total. The minimum Gasteiger partial charge on any atom is -0.353 e. The lowest BCUT2D eigenvalue weighted by molar-refractivity contribution is 0.0746. The highest BCUT2D eigenvalue weighted by molar-refractivity contribution is 5.94. The number of hydrogen-bond donors (Lipinski definition) is 1. The second-order valence-corrected chi connectivity index (χ2v) is 7.93. The first kappa shape index (κ1) is 20.2. The van der Waals surface area contributed by atoms with Gasteiger partial charge in [0.1, 0.15) is 5.82 Å². The predicted molar refractivity (Wildman–Crippen MR) is 117 cm³/mol. The molecule has 3 amide bonds. The molecule has 30 heavy (non-hydrogen) atoms. The fourth-order valence-electron chi connectivity index (χ4n) is 4.38. The van der Waals surface area contributed by atoms with Crippen molar-refractivity contribution in [1.29, 1.82) is 0 Å². The molecule has 2 aliphatic heterocycles. The monoisotopic (exact) mass is 407 g/mol. The Bertz CT molecular complexity index is 880. The zero-order valence-corrected chi connectivity index (χ0v) is 17.5. The topological polar surface area (TPSA) is 68.8 Å². The molecule has 0 spiro atoms. The van der Waals surface area contributed by atoms with Gasteiger partial charge in [-0.2, -0.15) is 0 Å². The van der Waals surface area contributed by atoms with Gasteiger partial charge in [-0.3, -0.25) is 4.79 Å². The van der Waals surface area contributed by atoms with E-state index in [1.165, 1.54) is 0 Å². The SMILES string of the molecule is CNC(=O)N1CCC[C@@H](c2cccc(C(=O)N3CCN(c4ccccn4)CC3)c2)C1. The number of nitrogens with one attached hydrogen (secondary N) is 1. The molecule has 2 aliphatic rings. The summed E-state index contributed by atoms with van der Waals surface area (Å²) in [6.45, 7) is 4.43. The molecular formula is C23H29N5O2. The highest BCUT2D eigenvalue weighted by Gasteiger charge is 2.26. The third-order valence-electron chi connectivity index (χ3n) is 6.07. The van der Waals surface area contributed by atoms with Crippen molar-refractivity contribution in [1.82, 2.24) is 20.1 Å². The number of nitrogens with zero attached hydrogens (tertiary/aromatic N) is 4. The van der Waals surface area contributed by atoms with Crippen LogP contribution in [0.2, 0.25) is 0 Å². The van der Waals surface area contributed by atoms with E-state index in [9.17, 15) is 9.59 Å². The van der Waals surface area contributed by atoms with Gasteiger partial charge in [0.25, 0.3) is 5.91 Å². The molecule has 0 saturated carbocycles. The summed E-state index contributed by atoms with van der Waals surface area (Å²) in [4.78, 5) is 35.5. The quantitative estimate of drug-likeness (QED) is 0.849. The number of likely N-dealkylation sites (tertiary alicyclic amines) is 1. The second-order valence-electron chi connectivity index (χ2n) is 7.93. The molecule has 2 aromatic rings. The first-order valence-corrected chi connectivity index (χ1v) is 10.7. The molecule has 0 aliphatic carbocycles. The molecular weight excluding hydrogens is 378 g/mol. The lowest BCUT2D eigenvalue weighted by Crippen LogP contribution is -2.49.